The number of nitrogens with two attached hydrogens (primary N) is 1. The second kappa shape index (κ2) is 6.42. The molecule has 0 aliphatic carbocycles. The molecule has 8 heteroatoms. The fourth-order valence-corrected chi connectivity index (χ4v) is 1.57. The summed E-state index contributed by atoms with van der Waals surface area (Å²) in [4.78, 5) is 22.4. The smallest absolute Gasteiger partial charge is 0.450 e. The number of hydrogen-bond acceptors (Lipinski definition) is 5. The first kappa shape index (κ1) is 17.2. The quantitative estimate of drug-likeness (QED) is 0.750. The highest BCUT2D eigenvalue weighted by molar-refractivity contribution is 7.98. The lowest BCUT2D eigenvalue weighted by molar-refractivity contribution is -0.195. The lowest BCUT2D eigenvalue weighted by atomic mass is 10.0. The van der Waals surface area contributed by atoms with E-state index in [4.69, 9.17) is 5.73 Å². The third-order valence-electron chi connectivity index (χ3n) is 2.10. The summed E-state index contributed by atoms with van der Waals surface area (Å²) in [6, 6.07) is -1.03. The number of carbonyl (C=O) groups is 2. The van der Waals surface area contributed by atoms with Crippen molar-refractivity contribution >= 4 is 23.5 Å². The van der Waals surface area contributed by atoms with E-state index in [0.717, 1.165) is 13.8 Å². The molecule has 2 N–H and O–H groups in total. The van der Waals surface area contributed by atoms with Crippen molar-refractivity contribution in [1.29, 1.82) is 0 Å². The van der Waals surface area contributed by atoms with Crippen LogP contribution in [0, 0.1) is 0 Å². The summed E-state index contributed by atoms with van der Waals surface area (Å²) in [6.07, 6.45) is -2.97. The first-order valence-corrected chi connectivity index (χ1v) is 6.50. The Bertz CT molecular complexity index is 318. The van der Waals surface area contributed by atoms with Gasteiger partial charge in [0, 0.05) is 0 Å². The third-order valence-corrected chi connectivity index (χ3v) is 2.74. The summed E-state index contributed by atoms with van der Waals surface area (Å²) >= 11 is 1.44. The third kappa shape index (κ3) is 5.26. The zero-order valence-electron chi connectivity index (χ0n) is 10.3. The Hall–Kier alpha value is -0.760. The van der Waals surface area contributed by atoms with Crippen LogP contribution in [-0.4, -0.2) is 41.6 Å². The highest BCUT2D eigenvalue weighted by Gasteiger charge is 2.50. The van der Waals surface area contributed by atoms with Crippen molar-refractivity contribution in [3.05, 3.63) is 0 Å². The first-order chi connectivity index (χ1) is 8.02. The Labute approximate surface area is 107 Å². The molecule has 18 heavy (non-hydrogen) atoms. The second-order valence-electron chi connectivity index (χ2n) is 4.15. The maximum absolute atomic E-state index is 12.2. The molecular weight excluding hydrogens is 271 g/mol. The fraction of sp³-hybridized carbons (Fsp3) is 0.800. The first-order valence-electron chi connectivity index (χ1n) is 5.11. The minimum Gasteiger partial charge on any atom is -0.450 e. The van der Waals surface area contributed by atoms with Crippen LogP contribution in [0.4, 0.5) is 13.2 Å². The molecule has 0 fully saturated rings. The van der Waals surface area contributed by atoms with E-state index >= 15 is 0 Å². The summed E-state index contributed by atoms with van der Waals surface area (Å²) < 4.78 is 41.2. The van der Waals surface area contributed by atoms with E-state index in [2.05, 4.69) is 4.74 Å². The van der Waals surface area contributed by atoms with Crippen LogP contribution in [0.1, 0.15) is 20.3 Å². The molecule has 0 aromatic rings. The van der Waals surface area contributed by atoms with Crippen molar-refractivity contribution in [2.75, 3.05) is 12.0 Å². The minimum atomic E-state index is -5.05. The van der Waals surface area contributed by atoms with Crippen LogP contribution in [0.25, 0.3) is 0 Å². The van der Waals surface area contributed by atoms with Crippen molar-refractivity contribution in [3.8, 4) is 0 Å². The zero-order chi connectivity index (χ0) is 14.6. The molecule has 0 rings (SSSR count). The van der Waals surface area contributed by atoms with Gasteiger partial charge in [0.05, 0.1) is 0 Å². The molecule has 0 spiro atoms. The van der Waals surface area contributed by atoms with Crippen molar-refractivity contribution in [2.45, 2.75) is 38.1 Å². The van der Waals surface area contributed by atoms with Crippen LogP contribution in [0.3, 0.4) is 0 Å². The van der Waals surface area contributed by atoms with E-state index < -0.39 is 29.6 Å². The maximum atomic E-state index is 12.2. The molecule has 0 aliphatic rings. The average molecular weight is 287 g/mol. The molecule has 0 bridgehead atoms. The number of thioether (sulfide) groups is 1. The Morgan fingerprint density at radius 2 is 1.83 bits per heavy atom. The van der Waals surface area contributed by atoms with Crippen LogP contribution in [0.5, 0.6) is 0 Å². The van der Waals surface area contributed by atoms with Crippen LogP contribution in [0.15, 0.2) is 0 Å². The van der Waals surface area contributed by atoms with Gasteiger partial charge >= 0.3 is 12.1 Å². The van der Waals surface area contributed by atoms with Crippen LogP contribution in [-0.2, 0) is 14.3 Å². The molecular formula is C10H16F3NO3S. The molecule has 0 saturated heterocycles. The molecule has 1 unspecified atom stereocenters. The molecule has 0 amide bonds. The van der Waals surface area contributed by atoms with Gasteiger partial charge in [0.1, 0.15) is 6.04 Å². The van der Waals surface area contributed by atoms with Gasteiger partial charge in [-0.1, -0.05) is 0 Å². The largest absolute Gasteiger partial charge is 0.454 e. The lowest BCUT2D eigenvalue weighted by Crippen LogP contribution is -2.48. The van der Waals surface area contributed by atoms with Crippen molar-refractivity contribution < 1.29 is 27.5 Å². The zero-order valence-corrected chi connectivity index (χ0v) is 11.2. The highest BCUT2D eigenvalue weighted by Crippen LogP contribution is 2.26. The number of ketones is 1. The fourth-order valence-electron chi connectivity index (χ4n) is 1.08. The van der Waals surface area contributed by atoms with Crippen molar-refractivity contribution in [1.82, 2.24) is 0 Å². The number of halogens is 3. The standard InChI is InChI=1S/C10H16F3NO3S/c1-9(2,8(16)10(11,12)13)17-7(15)6(14)4-5-18-3/h6H,4-5,14H2,1-3H3. The Balaban J connectivity index is 4.58. The van der Waals surface area contributed by atoms with E-state index in [-0.39, 0.29) is 6.42 Å². The van der Waals surface area contributed by atoms with Gasteiger partial charge in [-0.3, -0.25) is 9.59 Å². The second-order valence-corrected chi connectivity index (χ2v) is 5.13. The topological polar surface area (TPSA) is 69.4 Å². The predicted molar refractivity (Wildman–Crippen MR) is 62.2 cm³/mol. The van der Waals surface area contributed by atoms with Gasteiger partial charge in [0.15, 0.2) is 5.60 Å². The molecule has 0 aromatic carbocycles. The number of carbonyl (C=O) groups excluding carboxylic acids is 2. The summed E-state index contributed by atoms with van der Waals surface area (Å²) in [5.41, 5.74) is 3.18. The van der Waals surface area contributed by atoms with Gasteiger partial charge in [-0.25, -0.2) is 0 Å². The molecule has 0 radical (unpaired) electrons. The van der Waals surface area contributed by atoms with Gasteiger partial charge in [-0.2, -0.15) is 24.9 Å². The Morgan fingerprint density at radius 3 is 2.22 bits per heavy atom. The van der Waals surface area contributed by atoms with E-state index in [9.17, 15) is 22.8 Å². The molecule has 0 saturated carbocycles. The average Bonchev–Trinajstić information content (AvgIpc) is 2.22. The monoisotopic (exact) mass is 287 g/mol. The van der Waals surface area contributed by atoms with E-state index in [0.29, 0.717) is 5.75 Å². The van der Waals surface area contributed by atoms with E-state index in [1.807, 2.05) is 0 Å². The van der Waals surface area contributed by atoms with Gasteiger partial charge in [0.2, 0.25) is 0 Å². The van der Waals surface area contributed by atoms with Crippen LogP contribution >= 0.6 is 11.8 Å². The molecule has 0 aromatic heterocycles. The number of ether oxygens (including phenoxy) is 1. The maximum Gasteiger partial charge on any atom is 0.454 e. The van der Waals surface area contributed by atoms with Crippen LogP contribution in [0.2, 0.25) is 0 Å². The molecule has 106 valence electrons. The van der Waals surface area contributed by atoms with E-state index in [1.165, 1.54) is 11.8 Å². The molecule has 0 aliphatic heterocycles. The lowest BCUT2D eigenvalue weighted by Gasteiger charge is -2.26. The van der Waals surface area contributed by atoms with E-state index in [1.54, 1.807) is 6.26 Å². The number of alkyl halides is 3. The van der Waals surface area contributed by atoms with Gasteiger partial charge < -0.3 is 10.5 Å². The number of hydrogen-bond donors (Lipinski definition) is 1. The molecule has 0 heterocycles. The SMILES string of the molecule is CSCCC(N)C(=O)OC(C)(C)C(=O)C(F)(F)F. The number of Topliss-reactive ketones (excluding diaryl/α,β-unsaturated/α-hetero) is 1. The summed E-state index contributed by atoms with van der Waals surface area (Å²) in [6.45, 7) is 1.78. The van der Waals surface area contributed by atoms with Gasteiger partial charge in [0.25, 0.3) is 5.78 Å². The van der Waals surface area contributed by atoms with Crippen molar-refractivity contribution in [3.63, 3.8) is 0 Å². The Morgan fingerprint density at radius 1 is 1.33 bits per heavy atom. The molecule has 4 nitrogen and oxygen atoms in total. The number of rotatable bonds is 6. The highest BCUT2D eigenvalue weighted by atomic mass is 32.2. The van der Waals surface area contributed by atoms with Crippen LogP contribution < -0.4 is 5.73 Å². The number of esters is 1. The molecule has 1 atom stereocenters. The minimum absolute atomic E-state index is 0.274. The Kier molecular flexibility index (Phi) is 6.15. The summed E-state index contributed by atoms with van der Waals surface area (Å²) in [5, 5.41) is 0. The predicted octanol–water partition coefficient (Wildman–Crippen LogP) is 1.52. The van der Waals surface area contributed by atoms with Crippen molar-refractivity contribution in [2.24, 2.45) is 5.73 Å². The van der Waals surface area contributed by atoms with Gasteiger partial charge in [-0.05, 0) is 32.3 Å². The summed E-state index contributed by atoms with van der Waals surface area (Å²) in [7, 11) is 0. The van der Waals surface area contributed by atoms with Gasteiger partial charge in [-0.15, -0.1) is 0 Å². The summed E-state index contributed by atoms with van der Waals surface area (Å²) in [5.74, 6) is -2.55. The normalized spacial score (nSPS) is 14.2.